The van der Waals surface area contributed by atoms with Gasteiger partial charge in [0.25, 0.3) is 0 Å². The highest BCUT2D eigenvalue weighted by Crippen LogP contribution is 2.49. The number of carboxylic acid groups (broad SMARTS) is 1. The van der Waals surface area contributed by atoms with Gasteiger partial charge >= 0.3 is 30.3 Å². The molecular formula is C116H141N11O22. The Kier molecular flexibility index (Phi) is 50.0. The van der Waals surface area contributed by atoms with Crippen LogP contribution in [0.25, 0.3) is 44.5 Å². The molecule has 149 heavy (non-hydrogen) atoms. The Labute approximate surface area is 871 Å². The average molecular weight is 2040 g/mol. The summed E-state index contributed by atoms with van der Waals surface area (Å²) in [5.74, 6) is -0.468. The number of carbonyl (C=O) groups is 13. The van der Waals surface area contributed by atoms with Crippen LogP contribution in [0, 0.1) is 5.92 Å². The molecule has 8 amide bonds. The first-order chi connectivity index (χ1) is 72.5. The van der Waals surface area contributed by atoms with Crippen molar-refractivity contribution >= 4 is 78.6 Å². The third kappa shape index (κ3) is 35.3. The van der Waals surface area contributed by atoms with E-state index in [-0.39, 0.29) is 105 Å². The fourth-order valence-corrected chi connectivity index (χ4v) is 18.1. The largest absolute Gasteiger partial charge is 0.496 e. The van der Waals surface area contributed by atoms with E-state index in [1.165, 1.54) is 39.4 Å². The number of Topliss-reactive ketones (excluding diaryl/α,β-unsaturated/α-hetero) is 1. The molecule has 0 spiro atoms. The van der Waals surface area contributed by atoms with Gasteiger partial charge in [-0.15, -0.1) is 0 Å². The number of carboxylic acids is 1. The van der Waals surface area contributed by atoms with Crippen LogP contribution in [0.5, 0.6) is 23.0 Å². The van der Waals surface area contributed by atoms with Gasteiger partial charge in [-0.25, -0.2) is 24.0 Å². The van der Waals surface area contributed by atoms with E-state index in [0.29, 0.717) is 163 Å². The minimum absolute atomic E-state index is 0.000418. The number of aldehydes is 3. The summed E-state index contributed by atoms with van der Waals surface area (Å²) in [5, 5.41) is 31.0. The molecule has 0 heterocycles. The van der Waals surface area contributed by atoms with Gasteiger partial charge in [-0.05, 0) is 210 Å². The molecule has 0 bridgehead atoms. The zero-order valence-electron chi connectivity index (χ0n) is 85.8. The Morgan fingerprint density at radius 2 is 0.718 bits per heavy atom. The molecule has 4 aliphatic rings. The van der Waals surface area contributed by atoms with Gasteiger partial charge in [0, 0.05) is 102 Å². The van der Waals surface area contributed by atoms with E-state index >= 15 is 0 Å². The van der Waals surface area contributed by atoms with Gasteiger partial charge in [-0.1, -0.05) is 214 Å². The van der Waals surface area contributed by atoms with Crippen LogP contribution in [-0.4, -0.2) is 210 Å². The molecule has 0 radical (unpaired) electrons. The predicted molar refractivity (Wildman–Crippen MR) is 571 cm³/mol. The summed E-state index contributed by atoms with van der Waals surface area (Å²) in [6.07, 6.45) is 9.57. The van der Waals surface area contributed by atoms with Crippen molar-refractivity contribution in [2.24, 2.45) is 23.1 Å². The second-order valence-electron chi connectivity index (χ2n) is 35.4. The number of methoxy groups -OCH3 is 2. The topological polar surface area (TPSA) is 490 Å². The highest BCUT2D eigenvalue weighted by molar-refractivity contribution is 5.89. The van der Waals surface area contributed by atoms with E-state index in [9.17, 15) is 67.4 Å². The first-order valence-corrected chi connectivity index (χ1v) is 50.6. The van der Waals surface area contributed by atoms with E-state index < -0.39 is 48.3 Å². The van der Waals surface area contributed by atoms with E-state index in [0.717, 1.165) is 103 Å². The van der Waals surface area contributed by atoms with E-state index in [1.807, 2.05) is 116 Å². The Morgan fingerprint density at radius 1 is 0.376 bits per heavy atom. The fourth-order valence-electron chi connectivity index (χ4n) is 18.1. The van der Waals surface area contributed by atoms with Crippen LogP contribution in [0.4, 0.5) is 19.2 Å². The number of carbonyl (C=O) groups excluding carboxylic acids is 12. The molecule has 0 saturated heterocycles. The number of ketones is 1. The average Bonchev–Trinajstić information content (AvgIpc) is 1.63. The molecule has 0 aliphatic heterocycles. The third-order valence-electron chi connectivity index (χ3n) is 25.7. The van der Waals surface area contributed by atoms with Gasteiger partial charge in [-0.3, -0.25) is 33.6 Å². The van der Waals surface area contributed by atoms with Crippen LogP contribution < -0.4 is 78.7 Å². The van der Waals surface area contributed by atoms with Gasteiger partial charge in [-0.2, -0.15) is 0 Å². The predicted octanol–water partition coefficient (Wildman–Crippen LogP) is 16.3. The lowest BCUT2D eigenvalue weighted by molar-refractivity contribution is -0.139. The van der Waals surface area contributed by atoms with Crippen LogP contribution in [0.1, 0.15) is 211 Å². The molecule has 4 unspecified atom stereocenters. The summed E-state index contributed by atoms with van der Waals surface area (Å²) in [5.41, 5.74) is 34.4. The molecule has 792 valence electrons. The molecule has 0 saturated carbocycles. The van der Waals surface area contributed by atoms with E-state index in [4.69, 9.17) is 49.4 Å². The number of likely N-dealkylation sites (N-methyl/N-ethyl adjacent to an activating group) is 2. The molecule has 33 heteroatoms. The number of ether oxygens (including phenoxy) is 8. The molecule has 0 aromatic heterocycles. The molecule has 14 rings (SSSR count). The summed E-state index contributed by atoms with van der Waals surface area (Å²) >= 11 is 0. The van der Waals surface area contributed by atoms with Gasteiger partial charge in [0.15, 0.2) is 12.6 Å². The van der Waals surface area contributed by atoms with E-state index in [1.54, 1.807) is 50.5 Å². The van der Waals surface area contributed by atoms with Crippen LogP contribution in [0.3, 0.4) is 0 Å². The molecule has 10 aromatic rings. The van der Waals surface area contributed by atoms with Crippen molar-refractivity contribution in [1.29, 1.82) is 0 Å². The van der Waals surface area contributed by atoms with Gasteiger partial charge in [0.05, 0.1) is 44.6 Å². The minimum Gasteiger partial charge on any atom is -0.496 e. The normalized spacial score (nSPS) is 12.5. The summed E-state index contributed by atoms with van der Waals surface area (Å²) in [6.45, 7) is 5.08. The van der Waals surface area contributed by atoms with Crippen LogP contribution in [0.2, 0.25) is 0 Å². The summed E-state index contributed by atoms with van der Waals surface area (Å²) in [4.78, 5) is 154. The van der Waals surface area contributed by atoms with Crippen molar-refractivity contribution in [1.82, 2.24) is 42.5 Å². The number of rotatable bonds is 50. The molecule has 4 atom stereocenters. The first-order valence-electron chi connectivity index (χ1n) is 50.6. The minimum atomic E-state index is -1.14. The quantitative estimate of drug-likeness (QED) is 0.00957. The van der Waals surface area contributed by atoms with Crippen molar-refractivity contribution in [2.75, 3.05) is 108 Å². The van der Waals surface area contributed by atoms with Gasteiger partial charge in [0.2, 0.25) is 23.6 Å². The first kappa shape index (κ1) is 117. The maximum Gasteiger partial charge on any atom is 0.407 e. The third-order valence-corrected chi connectivity index (χ3v) is 25.7. The Morgan fingerprint density at radius 3 is 1.09 bits per heavy atom. The zero-order chi connectivity index (χ0) is 107. The molecule has 33 nitrogen and oxygen atoms in total. The Bertz CT molecular complexity index is 5880. The van der Waals surface area contributed by atoms with Gasteiger partial charge < -0.3 is 108 Å². The van der Waals surface area contributed by atoms with Crippen molar-refractivity contribution < 1.29 is 105 Å². The second-order valence-corrected chi connectivity index (χ2v) is 35.4. The fraction of sp³-hybridized carbons (Fsp3) is 0.371. The standard InChI is InChI=1S/C37H37N3O5.C36H34N2O6.C32H42N2O9.C7H17N3O.C3H6O.CH5N/c1-38-35(41)34(40-37(43)45-23-33-30-18-8-4-14-26(30)27-15-5-9-19-31(27)33)20-10-11-21-39-36(42)44-22-32-28-16-6-2-12-24(28)25-13-3-7-17-29(25)32;39-34(40)33(38-36(42)44-22-32-29-17-7-3-13-25(29)26-14-4-8-18-30(26)32)19-9-10-20-37-35(41)43-21-31-27-15-5-1-11-23(27)24-12-2-6-16-28(24)31;1-33-32(39)23(18-26(37)9-6-16-42-27-13-14-29(40-2)25(19-27)22-36)8-4-5-15-34-31(38)10-7-17-43-28-12-11-24(21-35)30(20-28)41-3;1-10-7(11)6(9)4-2-3-5-8;1-2-3-4;1-2/h2-9,12-19,32-34H,10-11,20-23H2,1H3,(H,38,41)(H,39,42)(H,40,43);1-8,11-18,31-33H,9-10,19-22H2,(H,37,41)(H,38,42)(H,39,40);11-14,19-23H,4-10,15-18H2,1-3H3,(H,33,39)(H,34,38);6H,2-5,8-9H2,1H3,(H,10,11);3H,2H2,1H3;2H2,1H3. The lowest BCUT2D eigenvalue weighted by atomic mass is 9.93. The number of alkyl carbamates (subject to hydrolysis) is 4. The lowest BCUT2D eigenvalue weighted by Crippen LogP contribution is -2.46. The molecule has 15 N–H and O–H groups in total. The van der Waals surface area contributed by atoms with Crippen molar-refractivity contribution in [3.8, 4) is 67.5 Å². The number of hydrogen-bond donors (Lipinski definition) is 12. The van der Waals surface area contributed by atoms with Crippen molar-refractivity contribution in [2.45, 2.75) is 164 Å². The number of unbranched alkanes of at least 4 members (excludes halogenated alkanes) is 4. The number of nitrogens with two attached hydrogens (primary N) is 3. The second kappa shape index (κ2) is 63.7. The molecule has 4 aliphatic carbocycles. The number of fused-ring (bicyclic) bond motifs is 12. The number of hydrogen-bond acceptors (Lipinski definition) is 24. The number of nitrogens with one attached hydrogen (secondary N) is 8. The highest BCUT2D eigenvalue weighted by atomic mass is 16.6. The molecule has 10 aromatic carbocycles. The van der Waals surface area contributed by atoms with Crippen LogP contribution >= 0.6 is 0 Å². The highest BCUT2D eigenvalue weighted by Gasteiger charge is 2.35. The number of aliphatic carboxylic acids is 1. The smallest absolute Gasteiger partial charge is 0.407 e. The SMILES string of the molecule is CCC=O.CN.CNC(=O)C(CCCCNC(=O)CCCOc1ccc(C=O)c(OC)c1)CC(=O)CCCOc1ccc(OC)c(C=O)c1.CNC(=O)C(CCCCNC(=O)OCC1c2ccccc2-c2ccccc21)NC(=O)OCC1c2ccccc2-c2ccccc21.CNC(=O)C(N)CCCCN.O=C(NCCCCC(NC(=O)OCC1c2ccccc2-c2ccccc21)C(=O)O)OCC1c2ccccc2-c2ccccc21. The molecule has 0 fully saturated rings. The lowest BCUT2D eigenvalue weighted by Gasteiger charge is -2.19. The zero-order valence-corrected chi connectivity index (χ0v) is 85.8. The summed E-state index contributed by atoms with van der Waals surface area (Å²) < 4.78 is 43.8. The van der Waals surface area contributed by atoms with E-state index in [2.05, 4.69) is 133 Å². The summed E-state index contributed by atoms with van der Waals surface area (Å²) in [7, 11) is 9.14. The van der Waals surface area contributed by atoms with Crippen LogP contribution in [0.15, 0.2) is 231 Å². The van der Waals surface area contributed by atoms with Crippen LogP contribution in [-0.2, 0) is 52.5 Å². The number of amides is 8. The summed E-state index contributed by atoms with van der Waals surface area (Å²) in [6, 6.07) is 72.7. The molecular weight excluding hydrogens is 1900 g/mol. The maximum absolute atomic E-state index is 12.8. The maximum atomic E-state index is 12.8. The Balaban J connectivity index is 0.000000230. The number of benzene rings is 10. The van der Waals surface area contributed by atoms with Crippen molar-refractivity contribution in [3.63, 3.8) is 0 Å². The van der Waals surface area contributed by atoms with Crippen molar-refractivity contribution in [3.05, 3.63) is 286 Å². The van der Waals surface area contributed by atoms with Gasteiger partial charge in [0.1, 0.15) is 73.6 Å². The Hall–Kier alpha value is -15.6. The monoisotopic (exact) mass is 2040 g/mol.